The van der Waals surface area contributed by atoms with Gasteiger partial charge in [-0.15, -0.1) is 0 Å². The summed E-state index contributed by atoms with van der Waals surface area (Å²) in [6.07, 6.45) is -2.64. The molecule has 2 aromatic carbocycles. The van der Waals surface area contributed by atoms with E-state index in [1.807, 2.05) is 36.4 Å². The van der Waals surface area contributed by atoms with Crippen LogP contribution in [0.4, 0.5) is 13.2 Å². The molecule has 0 radical (unpaired) electrons. The first-order valence-corrected chi connectivity index (χ1v) is 9.28. The Morgan fingerprint density at radius 1 is 0.857 bits per heavy atom. The molecule has 1 aliphatic rings. The number of hydrogen-bond donors (Lipinski definition) is 1. The minimum Gasteiger partial charge on any atom is -0.467 e. The van der Waals surface area contributed by atoms with Crippen molar-refractivity contribution in [2.75, 3.05) is 26.2 Å². The molecule has 2 heterocycles. The molecule has 28 heavy (non-hydrogen) atoms. The second kappa shape index (κ2) is 7.81. The van der Waals surface area contributed by atoms with Crippen LogP contribution in [0.15, 0.2) is 71.3 Å². The van der Waals surface area contributed by atoms with Crippen LogP contribution in [0.3, 0.4) is 0 Å². The fraction of sp³-hybridized carbons (Fsp3) is 0.273. The zero-order valence-electron chi connectivity index (χ0n) is 15.2. The third-order valence-electron chi connectivity index (χ3n) is 5.10. The summed E-state index contributed by atoms with van der Waals surface area (Å²) in [5.41, 5.74) is 2.12. The number of benzene rings is 2. The van der Waals surface area contributed by atoms with Crippen molar-refractivity contribution in [2.24, 2.45) is 0 Å². The molecule has 6 heteroatoms. The summed E-state index contributed by atoms with van der Waals surface area (Å²) < 4.78 is 44.0. The minimum absolute atomic E-state index is 0.0266. The van der Waals surface area contributed by atoms with E-state index < -0.39 is 11.7 Å². The first-order chi connectivity index (χ1) is 13.5. The summed E-state index contributed by atoms with van der Waals surface area (Å²) in [5.74, 6) is 0.893. The predicted molar refractivity (Wildman–Crippen MR) is 102 cm³/mol. The summed E-state index contributed by atoms with van der Waals surface area (Å²) >= 11 is 0. The molecule has 1 atom stereocenters. The minimum atomic E-state index is -4.32. The zero-order valence-corrected chi connectivity index (χ0v) is 15.2. The van der Waals surface area contributed by atoms with E-state index in [0.717, 1.165) is 60.8 Å². The van der Waals surface area contributed by atoms with Crippen molar-refractivity contribution in [1.82, 2.24) is 10.2 Å². The highest BCUT2D eigenvalue weighted by Crippen LogP contribution is 2.33. The lowest BCUT2D eigenvalue weighted by Gasteiger charge is -2.34. The van der Waals surface area contributed by atoms with Crippen LogP contribution in [0.1, 0.15) is 22.9 Å². The third kappa shape index (κ3) is 3.98. The molecule has 0 aliphatic carbocycles. The van der Waals surface area contributed by atoms with Gasteiger partial charge in [0, 0.05) is 26.2 Å². The van der Waals surface area contributed by atoms with Crippen LogP contribution in [0, 0.1) is 0 Å². The van der Waals surface area contributed by atoms with E-state index in [4.69, 9.17) is 4.42 Å². The van der Waals surface area contributed by atoms with Crippen molar-refractivity contribution in [1.29, 1.82) is 0 Å². The monoisotopic (exact) mass is 386 g/mol. The zero-order chi connectivity index (χ0) is 19.6. The van der Waals surface area contributed by atoms with Crippen molar-refractivity contribution < 1.29 is 17.6 Å². The molecule has 0 saturated carbocycles. The summed E-state index contributed by atoms with van der Waals surface area (Å²) in [7, 11) is 0. The average Bonchev–Trinajstić information content (AvgIpc) is 3.23. The van der Waals surface area contributed by atoms with Crippen LogP contribution in [0.5, 0.6) is 0 Å². The smallest absolute Gasteiger partial charge is 0.416 e. The second-order valence-electron chi connectivity index (χ2n) is 6.90. The SMILES string of the molecule is FC(F)(F)c1ccc(-c2ccc([C@@H](c3ccco3)N3CCNCC3)cc2)cc1. The quantitative estimate of drug-likeness (QED) is 0.687. The van der Waals surface area contributed by atoms with E-state index in [1.165, 1.54) is 12.1 Å². The molecule has 1 N–H and O–H groups in total. The summed E-state index contributed by atoms with van der Waals surface area (Å²) in [5, 5.41) is 3.36. The van der Waals surface area contributed by atoms with Gasteiger partial charge in [0.15, 0.2) is 0 Å². The van der Waals surface area contributed by atoms with Crippen molar-refractivity contribution in [3.8, 4) is 11.1 Å². The highest BCUT2D eigenvalue weighted by Gasteiger charge is 2.30. The summed E-state index contributed by atoms with van der Waals surface area (Å²) in [6, 6.07) is 17.1. The van der Waals surface area contributed by atoms with E-state index in [-0.39, 0.29) is 6.04 Å². The van der Waals surface area contributed by atoms with Crippen molar-refractivity contribution in [3.63, 3.8) is 0 Å². The Morgan fingerprint density at radius 2 is 1.46 bits per heavy atom. The van der Waals surface area contributed by atoms with E-state index in [0.29, 0.717) is 0 Å². The van der Waals surface area contributed by atoms with Gasteiger partial charge in [-0.2, -0.15) is 13.2 Å². The first-order valence-electron chi connectivity index (χ1n) is 9.28. The van der Waals surface area contributed by atoms with Crippen molar-refractivity contribution in [2.45, 2.75) is 12.2 Å². The topological polar surface area (TPSA) is 28.4 Å². The maximum absolute atomic E-state index is 12.8. The molecule has 0 spiro atoms. The Kier molecular flexibility index (Phi) is 5.24. The summed E-state index contributed by atoms with van der Waals surface area (Å²) in [4.78, 5) is 2.38. The number of furan rings is 1. The van der Waals surface area contributed by atoms with E-state index >= 15 is 0 Å². The van der Waals surface area contributed by atoms with Gasteiger partial charge >= 0.3 is 6.18 Å². The number of hydrogen-bond acceptors (Lipinski definition) is 3. The number of piperazine rings is 1. The van der Waals surface area contributed by atoms with Gasteiger partial charge in [0.1, 0.15) is 5.76 Å². The molecule has 1 aliphatic heterocycles. The fourth-order valence-electron chi connectivity index (χ4n) is 3.65. The van der Waals surface area contributed by atoms with Crippen LogP contribution >= 0.6 is 0 Å². The standard InChI is InChI=1S/C22H21F3N2O/c23-22(24,25)19-9-7-17(8-10-19)16-3-5-18(6-4-16)21(20-2-1-15-28-20)27-13-11-26-12-14-27/h1-10,15,21,26H,11-14H2/t21-/m0/s1. The van der Waals surface area contributed by atoms with Crippen LogP contribution in [0.25, 0.3) is 11.1 Å². The largest absolute Gasteiger partial charge is 0.467 e. The molecule has 146 valence electrons. The fourth-order valence-corrected chi connectivity index (χ4v) is 3.65. The Bertz CT molecular complexity index is 881. The molecule has 3 aromatic rings. The van der Waals surface area contributed by atoms with Gasteiger partial charge in [-0.05, 0) is 41.0 Å². The number of halogens is 3. The molecular weight excluding hydrogens is 365 g/mol. The molecular formula is C22H21F3N2O. The molecule has 4 rings (SSSR count). The number of nitrogens with one attached hydrogen (secondary N) is 1. The van der Waals surface area contributed by atoms with Gasteiger partial charge in [0.25, 0.3) is 0 Å². The number of alkyl halides is 3. The normalized spacial score (nSPS) is 16.8. The Balaban J connectivity index is 1.60. The average molecular weight is 386 g/mol. The third-order valence-corrected chi connectivity index (χ3v) is 5.10. The highest BCUT2D eigenvalue weighted by molar-refractivity contribution is 5.64. The van der Waals surface area contributed by atoms with Crippen molar-refractivity contribution in [3.05, 3.63) is 83.8 Å². The Morgan fingerprint density at radius 3 is 2.00 bits per heavy atom. The number of nitrogens with zero attached hydrogens (tertiary/aromatic N) is 1. The maximum atomic E-state index is 12.8. The van der Waals surface area contributed by atoms with E-state index in [1.54, 1.807) is 6.26 Å². The lowest BCUT2D eigenvalue weighted by atomic mass is 9.97. The number of rotatable bonds is 4. The van der Waals surface area contributed by atoms with Gasteiger partial charge < -0.3 is 9.73 Å². The van der Waals surface area contributed by atoms with Gasteiger partial charge in [-0.25, -0.2) is 0 Å². The highest BCUT2D eigenvalue weighted by atomic mass is 19.4. The van der Waals surface area contributed by atoms with Crippen LogP contribution in [-0.2, 0) is 6.18 Å². The molecule has 1 aromatic heterocycles. The predicted octanol–water partition coefficient (Wildman–Crippen LogP) is 4.96. The Hall–Kier alpha value is -2.57. The van der Waals surface area contributed by atoms with Crippen LogP contribution in [-0.4, -0.2) is 31.1 Å². The molecule has 1 fully saturated rings. The summed E-state index contributed by atoms with van der Waals surface area (Å²) in [6.45, 7) is 3.71. The van der Waals surface area contributed by atoms with Gasteiger partial charge in [-0.3, -0.25) is 4.90 Å². The van der Waals surface area contributed by atoms with Gasteiger partial charge in [0.2, 0.25) is 0 Å². The maximum Gasteiger partial charge on any atom is 0.416 e. The lowest BCUT2D eigenvalue weighted by molar-refractivity contribution is -0.137. The van der Waals surface area contributed by atoms with Gasteiger partial charge in [-0.1, -0.05) is 36.4 Å². The Labute approximate surface area is 161 Å². The van der Waals surface area contributed by atoms with E-state index in [9.17, 15) is 13.2 Å². The first kappa shape index (κ1) is 18.8. The van der Waals surface area contributed by atoms with Crippen LogP contribution in [0.2, 0.25) is 0 Å². The molecule has 1 saturated heterocycles. The lowest BCUT2D eigenvalue weighted by Crippen LogP contribution is -2.45. The van der Waals surface area contributed by atoms with Gasteiger partial charge in [0.05, 0.1) is 17.9 Å². The van der Waals surface area contributed by atoms with E-state index in [2.05, 4.69) is 10.2 Å². The van der Waals surface area contributed by atoms with Crippen molar-refractivity contribution >= 4 is 0 Å². The van der Waals surface area contributed by atoms with Crippen LogP contribution < -0.4 is 5.32 Å². The molecule has 3 nitrogen and oxygen atoms in total. The molecule has 0 unspecified atom stereocenters. The molecule has 0 amide bonds. The molecule has 0 bridgehead atoms. The second-order valence-corrected chi connectivity index (χ2v) is 6.90.